The first-order chi connectivity index (χ1) is 8.61. The molecule has 0 aromatic carbocycles. The predicted molar refractivity (Wildman–Crippen MR) is 75.1 cm³/mol. The zero-order chi connectivity index (χ0) is 13.5. The van der Waals surface area contributed by atoms with Gasteiger partial charge in [0.2, 0.25) is 0 Å². The molecule has 102 valence electrons. The van der Waals surface area contributed by atoms with Crippen molar-refractivity contribution >= 4 is 5.91 Å². The molecule has 2 N–H and O–H groups in total. The van der Waals surface area contributed by atoms with E-state index >= 15 is 0 Å². The van der Waals surface area contributed by atoms with E-state index in [1.54, 1.807) is 0 Å². The fourth-order valence-electron chi connectivity index (χ4n) is 2.18. The summed E-state index contributed by atoms with van der Waals surface area (Å²) in [4.78, 5) is 12.0. The average molecular weight is 251 g/mol. The highest BCUT2D eigenvalue weighted by molar-refractivity contribution is 5.95. The summed E-state index contributed by atoms with van der Waals surface area (Å²) in [5.74, 6) is 0.0288. The maximum Gasteiger partial charge on any atom is 0.253 e. The molecule has 0 aliphatic rings. The maximum atomic E-state index is 12.0. The van der Waals surface area contributed by atoms with Crippen molar-refractivity contribution in [2.24, 2.45) is 0 Å². The van der Waals surface area contributed by atoms with E-state index < -0.39 is 0 Å². The normalized spacial score (nSPS) is 10.7. The summed E-state index contributed by atoms with van der Waals surface area (Å²) in [6.07, 6.45) is 1.12. The topological polar surface area (TPSA) is 46.1 Å². The molecule has 0 saturated carbocycles. The quantitative estimate of drug-likeness (QED) is 0.727. The third-order valence-electron chi connectivity index (χ3n) is 3.15. The summed E-state index contributed by atoms with van der Waals surface area (Å²) in [6.45, 7) is 11.7. The Morgan fingerprint density at radius 2 is 1.94 bits per heavy atom. The fourth-order valence-corrected chi connectivity index (χ4v) is 2.18. The number of nitrogens with zero attached hydrogens (tertiary/aromatic N) is 1. The first-order valence-corrected chi connectivity index (χ1v) is 6.77. The van der Waals surface area contributed by atoms with Gasteiger partial charge in [-0.05, 0) is 39.8 Å². The van der Waals surface area contributed by atoms with Gasteiger partial charge in [-0.3, -0.25) is 4.79 Å². The molecule has 18 heavy (non-hydrogen) atoms. The van der Waals surface area contributed by atoms with Gasteiger partial charge in [0, 0.05) is 31.0 Å². The minimum atomic E-state index is 0.0288. The van der Waals surface area contributed by atoms with Crippen LogP contribution in [0.3, 0.4) is 0 Å². The maximum absolute atomic E-state index is 12.0. The Labute approximate surface area is 110 Å². The molecule has 0 unspecified atom stereocenters. The Kier molecular flexibility index (Phi) is 5.92. The molecular formula is C14H25N3O. The van der Waals surface area contributed by atoms with Crippen LogP contribution in [0.5, 0.6) is 0 Å². The largest absolute Gasteiger partial charge is 0.351 e. The van der Waals surface area contributed by atoms with Crippen molar-refractivity contribution in [2.45, 2.75) is 40.7 Å². The average Bonchev–Trinajstić information content (AvgIpc) is 2.64. The SMILES string of the molecule is CCCNCCNC(=O)c1cc(C)n(CC)c1C. The molecule has 1 aromatic heterocycles. The lowest BCUT2D eigenvalue weighted by atomic mass is 10.2. The second kappa shape index (κ2) is 7.21. The first-order valence-electron chi connectivity index (χ1n) is 6.77. The molecule has 0 saturated heterocycles. The van der Waals surface area contributed by atoms with Gasteiger partial charge in [0.05, 0.1) is 5.56 Å². The molecule has 1 heterocycles. The van der Waals surface area contributed by atoms with Crippen LogP contribution in [0.15, 0.2) is 6.07 Å². The van der Waals surface area contributed by atoms with Crippen LogP contribution in [0.4, 0.5) is 0 Å². The molecule has 1 rings (SSSR count). The summed E-state index contributed by atoms with van der Waals surface area (Å²) < 4.78 is 2.16. The number of nitrogens with one attached hydrogen (secondary N) is 2. The minimum Gasteiger partial charge on any atom is -0.351 e. The van der Waals surface area contributed by atoms with Crippen molar-refractivity contribution in [3.05, 3.63) is 23.0 Å². The molecule has 0 bridgehead atoms. The predicted octanol–water partition coefficient (Wildman–Crippen LogP) is 1.85. The van der Waals surface area contributed by atoms with Crippen molar-refractivity contribution in [3.8, 4) is 0 Å². The number of rotatable bonds is 7. The van der Waals surface area contributed by atoms with E-state index in [4.69, 9.17) is 0 Å². The summed E-state index contributed by atoms with van der Waals surface area (Å²) in [5, 5.41) is 6.21. The zero-order valence-corrected chi connectivity index (χ0v) is 12.0. The Balaban J connectivity index is 2.52. The number of amides is 1. The summed E-state index contributed by atoms with van der Waals surface area (Å²) >= 11 is 0. The number of carbonyl (C=O) groups is 1. The van der Waals surface area contributed by atoms with Gasteiger partial charge in [-0.2, -0.15) is 0 Å². The molecule has 0 fully saturated rings. The Hall–Kier alpha value is -1.29. The van der Waals surface area contributed by atoms with Crippen molar-refractivity contribution < 1.29 is 4.79 Å². The molecule has 0 aliphatic carbocycles. The number of aromatic nitrogens is 1. The third-order valence-corrected chi connectivity index (χ3v) is 3.15. The molecule has 1 aromatic rings. The standard InChI is InChI=1S/C14H25N3O/c1-5-7-15-8-9-16-14(18)13-10-11(3)17(6-2)12(13)4/h10,15H,5-9H2,1-4H3,(H,16,18). The van der Waals surface area contributed by atoms with Gasteiger partial charge < -0.3 is 15.2 Å². The van der Waals surface area contributed by atoms with Gasteiger partial charge in [0.1, 0.15) is 0 Å². The van der Waals surface area contributed by atoms with Crippen molar-refractivity contribution in [2.75, 3.05) is 19.6 Å². The van der Waals surface area contributed by atoms with Gasteiger partial charge in [0.15, 0.2) is 0 Å². The van der Waals surface area contributed by atoms with Gasteiger partial charge in [-0.1, -0.05) is 6.92 Å². The molecule has 0 aliphatic heterocycles. The van der Waals surface area contributed by atoms with Crippen LogP contribution in [0.2, 0.25) is 0 Å². The zero-order valence-electron chi connectivity index (χ0n) is 12.0. The Morgan fingerprint density at radius 3 is 2.50 bits per heavy atom. The lowest BCUT2D eigenvalue weighted by molar-refractivity contribution is 0.0953. The van der Waals surface area contributed by atoms with Crippen molar-refractivity contribution in [1.29, 1.82) is 0 Å². The van der Waals surface area contributed by atoms with Crippen LogP contribution >= 0.6 is 0 Å². The van der Waals surface area contributed by atoms with E-state index in [0.29, 0.717) is 6.54 Å². The molecular weight excluding hydrogens is 226 g/mol. The number of aryl methyl sites for hydroxylation is 1. The lowest BCUT2D eigenvalue weighted by Gasteiger charge is -2.07. The Bertz CT molecular complexity index is 396. The minimum absolute atomic E-state index is 0.0288. The van der Waals surface area contributed by atoms with Gasteiger partial charge >= 0.3 is 0 Å². The molecule has 0 spiro atoms. The van der Waals surface area contributed by atoms with Crippen molar-refractivity contribution in [3.63, 3.8) is 0 Å². The second-order valence-electron chi connectivity index (χ2n) is 4.53. The molecule has 0 radical (unpaired) electrons. The van der Waals surface area contributed by atoms with E-state index in [2.05, 4.69) is 29.0 Å². The summed E-state index contributed by atoms with van der Waals surface area (Å²) in [5.41, 5.74) is 2.99. The highest BCUT2D eigenvalue weighted by atomic mass is 16.1. The molecule has 4 nitrogen and oxygen atoms in total. The van der Waals surface area contributed by atoms with Crippen LogP contribution in [0, 0.1) is 13.8 Å². The highest BCUT2D eigenvalue weighted by Crippen LogP contribution is 2.14. The molecule has 4 heteroatoms. The summed E-state index contributed by atoms with van der Waals surface area (Å²) in [6, 6.07) is 1.97. The number of hydrogen-bond acceptors (Lipinski definition) is 2. The van der Waals surface area contributed by atoms with E-state index in [-0.39, 0.29) is 5.91 Å². The summed E-state index contributed by atoms with van der Waals surface area (Å²) in [7, 11) is 0. The smallest absolute Gasteiger partial charge is 0.253 e. The fraction of sp³-hybridized carbons (Fsp3) is 0.643. The molecule has 0 atom stereocenters. The van der Waals surface area contributed by atoms with Crippen molar-refractivity contribution in [1.82, 2.24) is 15.2 Å². The second-order valence-corrected chi connectivity index (χ2v) is 4.53. The van der Waals surface area contributed by atoms with Gasteiger partial charge in [0.25, 0.3) is 5.91 Å². The lowest BCUT2D eigenvalue weighted by Crippen LogP contribution is -2.32. The van der Waals surface area contributed by atoms with E-state index in [0.717, 1.165) is 43.0 Å². The van der Waals surface area contributed by atoms with E-state index in [1.807, 2.05) is 19.9 Å². The van der Waals surface area contributed by atoms with Crippen LogP contribution < -0.4 is 10.6 Å². The van der Waals surface area contributed by atoms with Crippen LogP contribution in [-0.4, -0.2) is 30.1 Å². The number of hydrogen-bond donors (Lipinski definition) is 2. The van der Waals surface area contributed by atoms with E-state index in [1.165, 1.54) is 0 Å². The first kappa shape index (κ1) is 14.8. The van der Waals surface area contributed by atoms with E-state index in [9.17, 15) is 4.79 Å². The van der Waals surface area contributed by atoms with Crippen LogP contribution in [0.1, 0.15) is 42.0 Å². The van der Waals surface area contributed by atoms with Gasteiger partial charge in [-0.15, -0.1) is 0 Å². The highest BCUT2D eigenvalue weighted by Gasteiger charge is 2.13. The third kappa shape index (κ3) is 3.60. The monoisotopic (exact) mass is 251 g/mol. The van der Waals surface area contributed by atoms with Crippen LogP contribution in [0.25, 0.3) is 0 Å². The van der Waals surface area contributed by atoms with Gasteiger partial charge in [-0.25, -0.2) is 0 Å². The van der Waals surface area contributed by atoms with Crippen LogP contribution in [-0.2, 0) is 6.54 Å². The Morgan fingerprint density at radius 1 is 1.22 bits per heavy atom. The molecule has 1 amide bonds. The number of carbonyl (C=O) groups excluding carboxylic acids is 1.